The summed E-state index contributed by atoms with van der Waals surface area (Å²) < 4.78 is 5.32. The molecule has 1 N–H and O–H groups in total. The molecule has 0 bridgehead atoms. The second-order valence-corrected chi connectivity index (χ2v) is 5.59. The fraction of sp³-hybridized carbons (Fsp3) is 0.600. The molecule has 0 spiro atoms. The van der Waals surface area contributed by atoms with Gasteiger partial charge in [-0.15, -0.1) is 0 Å². The predicted molar refractivity (Wildman–Crippen MR) is 84.0 cm³/mol. The van der Waals surface area contributed by atoms with Crippen LogP contribution in [0.15, 0.2) is 12.1 Å². The van der Waals surface area contributed by atoms with Gasteiger partial charge in [0, 0.05) is 26.7 Å². The summed E-state index contributed by atoms with van der Waals surface area (Å²) in [6, 6.07) is 3.52. The first-order valence-corrected chi connectivity index (χ1v) is 7.76. The van der Waals surface area contributed by atoms with Crippen molar-refractivity contribution in [3.8, 4) is 0 Å². The van der Waals surface area contributed by atoms with Crippen LogP contribution in [0.3, 0.4) is 0 Å². The number of ether oxygens (including phenoxy) is 1. The van der Waals surface area contributed by atoms with Crippen molar-refractivity contribution in [2.75, 3.05) is 32.1 Å². The Morgan fingerprint density at radius 2 is 2.19 bits per heavy atom. The highest BCUT2D eigenvalue weighted by Crippen LogP contribution is 2.21. The SMILES string of the molecule is CCCNc1ccc(Cl)c(C(=O)N2CCC(OC)CC2)n1. The maximum atomic E-state index is 12.6. The van der Waals surface area contributed by atoms with Gasteiger partial charge in [-0.05, 0) is 31.4 Å². The monoisotopic (exact) mass is 311 g/mol. The lowest BCUT2D eigenvalue weighted by atomic mass is 10.1. The number of nitrogens with one attached hydrogen (secondary N) is 1. The molecule has 1 fully saturated rings. The molecule has 116 valence electrons. The Kier molecular flexibility index (Phi) is 5.82. The molecule has 1 saturated heterocycles. The number of likely N-dealkylation sites (tertiary alicyclic amines) is 1. The number of rotatable bonds is 5. The summed E-state index contributed by atoms with van der Waals surface area (Å²) in [5.41, 5.74) is 0.327. The lowest BCUT2D eigenvalue weighted by molar-refractivity contribution is 0.0348. The number of hydrogen-bond acceptors (Lipinski definition) is 4. The number of carbonyl (C=O) groups is 1. The average Bonchev–Trinajstić information content (AvgIpc) is 2.53. The summed E-state index contributed by atoms with van der Waals surface area (Å²) in [5.74, 6) is 0.589. The number of methoxy groups -OCH3 is 1. The van der Waals surface area contributed by atoms with Crippen molar-refractivity contribution in [3.63, 3.8) is 0 Å². The van der Waals surface area contributed by atoms with E-state index in [0.717, 1.165) is 25.8 Å². The first-order chi connectivity index (χ1) is 10.2. The van der Waals surface area contributed by atoms with Gasteiger partial charge in [-0.1, -0.05) is 18.5 Å². The van der Waals surface area contributed by atoms with Crippen LogP contribution in [0, 0.1) is 0 Å². The van der Waals surface area contributed by atoms with Crippen LogP contribution < -0.4 is 5.32 Å². The van der Waals surface area contributed by atoms with Crippen molar-refractivity contribution in [2.45, 2.75) is 32.3 Å². The molecule has 1 aliphatic heterocycles. The zero-order valence-corrected chi connectivity index (χ0v) is 13.3. The van der Waals surface area contributed by atoms with Gasteiger partial charge in [-0.25, -0.2) is 4.98 Å². The van der Waals surface area contributed by atoms with E-state index >= 15 is 0 Å². The molecule has 1 amide bonds. The Balaban J connectivity index is 2.07. The largest absolute Gasteiger partial charge is 0.381 e. The summed E-state index contributed by atoms with van der Waals surface area (Å²) in [4.78, 5) is 18.7. The van der Waals surface area contributed by atoms with Crippen molar-refractivity contribution in [1.29, 1.82) is 0 Å². The van der Waals surface area contributed by atoms with Gasteiger partial charge in [-0.3, -0.25) is 4.79 Å². The molecule has 0 aliphatic carbocycles. The molecule has 0 aromatic carbocycles. The Hall–Kier alpha value is -1.33. The molecular formula is C15H22ClN3O2. The van der Waals surface area contributed by atoms with Crippen molar-refractivity contribution < 1.29 is 9.53 Å². The molecular weight excluding hydrogens is 290 g/mol. The van der Waals surface area contributed by atoms with Crippen molar-refractivity contribution in [1.82, 2.24) is 9.88 Å². The third-order valence-corrected chi connectivity index (χ3v) is 3.97. The Labute approximate surface area is 130 Å². The molecule has 0 unspecified atom stereocenters. The van der Waals surface area contributed by atoms with E-state index in [1.807, 2.05) is 0 Å². The summed E-state index contributed by atoms with van der Waals surface area (Å²) in [6.07, 6.45) is 2.95. The van der Waals surface area contributed by atoms with Crippen molar-refractivity contribution >= 4 is 23.3 Å². The molecule has 2 heterocycles. The minimum Gasteiger partial charge on any atom is -0.381 e. The topological polar surface area (TPSA) is 54.5 Å². The zero-order valence-electron chi connectivity index (χ0n) is 12.6. The number of nitrogens with zero attached hydrogens (tertiary/aromatic N) is 2. The molecule has 2 rings (SSSR count). The highest BCUT2D eigenvalue weighted by Gasteiger charge is 2.25. The van der Waals surface area contributed by atoms with E-state index in [4.69, 9.17) is 16.3 Å². The normalized spacial score (nSPS) is 16.0. The standard InChI is InChI=1S/C15H22ClN3O2/c1-3-8-17-13-5-4-12(16)14(18-13)15(20)19-9-6-11(21-2)7-10-19/h4-5,11H,3,6-10H2,1-2H3,(H,17,18). The van der Waals surface area contributed by atoms with E-state index in [-0.39, 0.29) is 12.0 Å². The molecule has 0 atom stereocenters. The van der Waals surface area contributed by atoms with Gasteiger partial charge in [0.2, 0.25) is 0 Å². The second-order valence-electron chi connectivity index (χ2n) is 5.18. The van der Waals surface area contributed by atoms with Crippen LogP contribution in [0.2, 0.25) is 5.02 Å². The van der Waals surface area contributed by atoms with E-state index in [1.165, 1.54) is 0 Å². The molecule has 21 heavy (non-hydrogen) atoms. The van der Waals surface area contributed by atoms with E-state index in [1.54, 1.807) is 24.1 Å². The minimum absolute atomic E-state index is 0.102. The number of carbonyl (C=O) groups excluding carboxylic acids is 1. The summed E-state index contributed by atoms with van der Waals surface area (Å²) in [6.45, 7) is 4.26. The van der Waals surface area contributed by atoms with E-state index < -0.39 is 0 Å². The maximum Gasteiger partial charge on any atom is 0.274 e. The number of halogens is 1. The van der Waals surface area contributed by atoms with Crippen LogP contribution in [0.1, 0.15) is 36.7 Å². The van der Waals surface area contributed by atoms with Crippen LogP contribution >= 0.6 is 11.6 Å². The van der Waals surface area contributed by atoms with Gasteiger partial charge in [-0.2, -0.15) is 0 Å². The van der Waals surface area contributed by atoms with Gasteiger partial charge >= 0.3 is 0 Å². The predicted octanol–water partition coefficient (Wildman–Crippen LogP) is 2.81. The number of amides is 1. The van der Waals surface area contributed by atoms with Crippen molar-refractivity contribution in [3.05, 3.63) is 22.8 Å². The van der Waals surface area contributed by atoms with E-state index in [0.29, 0.717) is 29.6 Å². The summed E-state index contributed by atoms with van der Waals surface area (Å²) >= 11 is 6.14. The quantitative estimate of drug-likeness (QED) is 0.908. The second kappa shape index (κ2) is 7.61. The molecule has 1 aromatic rings. The zero-order chi connectivity index (χ0) is 15.2. The van der Waals surface area contributed by atoms with Crippen LogP contribution in [0.4, 0.5) is 5.82 Å². The van der Waals surface area contributed by atoms with E-state index in [9.17, 15) is 4.79 Å². The van der Waals surface area contributed by atoms with Gasteiger partial charge < -0.3 is 15.0 Å². The third-order valence-electron chi connectivity index (χ3n) is 3.67. The number of pyridine rings is 1. The molecule has 0 saturated carbocycles. The number of anilines is 1. The minimum atomic E-state index is -0.102. The lowest BCUT2D eigenvalue weighted by Gasteiger charge is -2.31. The van der Waals surface area contributed by atoms with Gasteiger partial charge in [0.25, 0.3) is 5.91 Å². The fourth-order valence-electron chi connectivity index (χ4n) is 2.39. The van der Waals surface area contributed by atoms with Gasteiger partial charge in [0.15, 0.2) is 0 Å². The highest BCUT2D eigenvalue weighted by molar-refractivity contribution is 6.33. The van der Waals surface area contributed by atoms with Crippen molar-refractivity contribution in [2.24, 2.45) is 0 Å². The first kappa shape index (κ1) is 16.0. The van der Waals surface area contributed by atoms with Crippen LogP contribution in [0.25, 0.3) is 0 Å². The number of piperidine rings is 1. The summed E-state index contributed by atoms with van der Waals surface area (Å²) in [7, 11) is 1.71. The van der Waals surface area contributed by atoms with Crippen LogP contribution in [0.5, 0.6) is 0 Å². The molecule has 0 radical (unpaired) electrons. The third kappa shape index (κ3) is 4.08. The van der Waals surface area contributed by atoms with Crippen LogP contribution in [-0.4, -0.2) is 48.6 Å². The average molecular weight is 312 g/mol. The Morgan fingerprint density at radius 3 is 2.81 bits per heavy atom. The van der Waals surface area contributed by atoms with E-state index in [2.05, 4.69) is 17.2 Å². The molecule has 1 aromatic heterocycles. The van der Waals surface area contributed by atoms with Gasteiger partial charge in [0.05, 0.1) is 11.1 Å². The maximum absolute atomic E-state index is 12.6. The first-order valence-electron chi connectivity index (χ1n) is 7.38. The Morgan fingerprint density at radius 1 is 1.48 bits per heavy atom. The molecule has 6 heteroatoms. The molecule has 5 nitrogen and oxygen atoms in total. The lowest BCUT2D eigenvalue weighted by Crippen LogP contribution is -2.41. The van der Waals surface area contributed by atoms with Gasteiger partial charge in [0.1, 0.15) is 11.5 Å². The Bertz CT molecular complexity index is 488. The smallest absolute Gasteiger partial charge is 0.274 e. The number of aromatic nitrogens is 1. The number of hydrogen-bond donors (Lipinski definition) is 1. The highest BCUT2D eigenvalue weighted by atomic mass is 35.5. The fourth-order valence-corrected chi connectivity index (χ4v) is 2.57. The van der Waals surface area contributed by atoms with Crippen LogP contribution in [-0.2, 0) is 4.74 Å². The molecule has 1 aliphatic rings. The summed E-state index contributed by atoms with van der Waals surface area (Å²) in [5, 5.41) is 3.57.